The van der Waals surface area contributed by atoms with Gasteiger partial charge in [-0.25, -0.2) is 9.50 Å². The topological polar surface area (TPSA) is 89.4 Å². The number of nitrogens with zero attached hydrogens (tertiary/aromatic N) is 6. The minimum absolute atomic E-state index is 0.178. The van der Waals surface area contributed by atoms with Gasteiger partial charge in [-0.1, -0.05) is 19.0 Å². The van der Waals surface area contributed by atoms with E-state index in [1.54, 1.807) is 22.5 Å². The Morgan fingerprint density at radius 1 is 1.38 bits per heavy atom. The maximum Gasteiger partial charge on any atom is 0.272 e. The molecule has 0 fully saturated rings. The summed E-state index contributed by atoms with van der Waals surface area (Å²) >= 11 is 0. The van der Waals surface area contributed by atoms with Crippen molar-refractivity contribution < 1.29 is 9.32 Å². The molecule has 8 heteroatoms. The summed E-state index contributed by atoms with van der Waals surface area (Å²) in [6.45, 7) is 8.19. The molecule has 0 aliphatic carbocycles. The van der Waals surface area contributed by atoms with E-state index in [2.05, 4.69) is 20.2 Å². The first-order chi connectivity index (χ1) is 11.4. The van der Waals surface area contributed by atoms with Crippen LogP contribution in [0.3, 0.4) is 0 Å². The zero-order valence-electron chi connectivity index (χ0n) is 14.4. The van der Waals surface area contributed by atoms with Crippen LogP contribution in [0.2, 0.25) is 0 Å². The van der Waals surface area contributed by atoms with Crippen molar-refractivity contribution in [1.29, 1.82) is 0 Å². The number of carbonyl (C=O) groups excluding carboxylic acids is 1. The van der Waals surface area contributed by atoms with Crippen LogP contribution in [0, 0.1) is 13.8 Å². The van der Waals surface area contributed by atoms with Crippen molar-refractivity contribution in [3.8, 4) is 0 Å². The van der Waals surface area contributed by atoms with E-state index in [0.717, 1.165) is 22.7 Å². The molecular weight excluding hydrogens is 308 g/mol. The molecule has 0 aliphatic rings. The molecule has 3 heterocycles. The second-order valence-electron chi connectivity index (χ2n) is 6.16. The fourth-order valence-electron chi connectivity index (χ4n) is 2.59. The Morgan fingerprint density at radius 3 is 2.75 bits per heavy atom. The molecule has 0 N–H and O–H groups in total. The maximum atomic E-state index is 12.8. The number of hydrogen-bond donors (Lipinski definition) is 0. The van der Waals surface area contributed by atoms with E-state index in [1.807, 2.05) is 27.7 Å². The molecule has 24 heavy (non-hydrogen) atoms. The number of aryl methyl sites for hydroxylation is 2. The van der Waals surface area contributed by atoms with Crippen molar-refractivity contribution in [3.63, 3.8) is 0 Å². The molecule has 0 spiro atoms. The Kier molecular flexibility index (Phi) is 4.04. The molecule has 0 saturated heterocycles. The summed E-state index contributed by atoms with van der Waals surface area (Å²) in [5, 5.41) is 8.09. The normalized spacial score (nSPS) is 11.4. The Morgan fingerprint density at radius 2 is 2.12 bits per heavy atom. The number of aromatic nitrogens is 5. The first kappa shape index (κ1) is 16.1. The molecule has 1 amide bonds. The number of fused-ring (bicyclic) bond motifs is 1. The van der Waals surface area contributed by atoms with Crippen LogP contribution in [0.25, 0.3) is 5.78 Å². The highest BCUT2D eigenvalue weighted by atomic mass is 16.5. The molecule has 3 rings (SSSR count). The van der Waals surface area contributed by atoms with Crippen LogP contribution in [0.5, 0.6) is 0 Å². The summed E-state index contributed by atoms with van der Waals surface area (Å²) in [5.74, 6) is 1.16. The van der Waals surface area contributed by atoms with Gasteiger partial charge in [0.15, 0.2) is 0 Å². The average Bonchev–Trinajstić information content (AvgIpc) is 3.14. The lowest BCUT2D eigenvalue weighted by Crippen LogP contribution is -2.28. The van der Waals surface area contributed by atoms with Gasteiger partial charge in [-0.05, 0) is 25.8 Å². The third-order valence-corrected chi connectivity index (χ3v) is 4.01. The summed E-state index contributed by atoms with van der Waals surface area (Å²) in [7, 11) is 1.74. The average molecular weight is 328 g/mol. The Hall–Kier alpha value is -2.77. The molecule has 0 bridgehead atoms. The summed E-state index contributed by atoms with van der Waals surface area (Å²) in [6, 6.07) is 1.78. The van der Waals surface area contributed by atoms with Crippen LogP contribution in [-0.4, -0.2) is 42.6 Å². The van der Waals surface area contributed by atoms with Crippen molar-refractivity contribution in [3.05, 3.63) is 40.8 Å². The van der Waals surface area contributed by atoms with Gasteiger partial charge in [-0.2, -0.15) is 10.1 Å². The smallest absolute Gasteiger partial charge is 0.272 e. The molecule has 0 unspecified atom stereocenters. The van der Waals surface area contributed by atoms with Gasteiger partial charge < -0.3 is 9.42 Å². The van der Waals surface area contributed by atoms with Crippen molar-refractivity contribution in [2.24, 2.45) is 0 Å². The highest BCUT2D eigenvalue weighted by Crippen LogP contribution is 2.18. The summed E-state index contributed by atoms with van der Waals surface area (Å²) in [4.78, 5) is 22.8. The fourth-order valence-corrected chi connectivity index (χ4v) is 2.59. The summed E-state index contributed by atoms with van der Waals surface area (Å²) in [5.41, 5.74) is 2.95. The Bertz CT molecular complexity index is 876. The van der Waals surface area contributed by atoms with Gasteiger partial charge in [0.2, 0.25) is 0 Å². The van der Waals surface area contributed by atoms with Crippen molar-refractivity contribution in [2.75, 3.05) is 7.05 Å². The Labute approximate surface area is 139 Å². The molecule has 0 aromatic carbocycles. The predicted molar refractivity (Wildman–Crippen MR) is 86.6 cm³/mol. The van der Waals surface area contributed by atoms with Crippen LogP contribution in [0.1, 0.15) is 53.0 Å². The Balaban J connectivity index is 1.93. The molecule has 126 valence electrons. The lowest BCUT2D eigenvalue weighted by molar-refractivity contribution is 0.0778. The first-order valence-corrected chi connectivity index (χ1v) is 7.76. The second kappa shape index (κ2) is 6.03. The summed E-state index contributed by atoms with van der Waals surface area (Å²) < 4.78 is 6.82. The van der Waals surface area contributed by atoms with Crippen molar-refractivity contribution in [2.45, 2.75) is 40.2 Å². The fraction of sp³-hybridized carbons (Fsp3) is 0.438. The van der Waals surface area contributed by atoms with E-state index in [0.29, 0.717) is 18.0 Å². The first-order valence-electron chi connectivity index (χ1n) is 7.76. The molecule has 8 nitrogen and oxygen atoms in total. The van der Waals surface area contributed by atoms with E-state index >= 15 is 0 Å². The monoisotopic (exact) mass is 328 g/mol. The number of rotatable bonds is 4. The molecule has 3 aromatic heterocycles. The van der Waals surface area contributed by atoms with Crippen LogP contribution >= 0.6 is 0 Å². The minimum Gasteiger partial charge on any atom is -0.361 e. The van der Waals surface area contributed by atoms with E-state index in [-0.39, 0.29) is 11.8 Å². The number of carbonyl (C=O) groups is 1. The molecule has 0 radical (unpaired) electrons. The molecule has 0 saturated carbocycles. The zero-order chi connectivity index (χ0) is 17.4. The number of hydrogen-bond acceptors (Lipinski definition) is 6. The second-order valence-corrected chi connectivity index (χ2v) is 6.16. The van der Waals surface area contributed by atoms with E-state index in [4.69, 9.17) is 4.52 Å². The SMILES string of the molecule is Cc1noc(C)c1CN(C)C(=O)c1cc(C(C)C)n2ncnc2n1. The maximum absolute atomic E-state index is 12.8. The molecule has 0 atom stereocenters. The van der Waals surface area contributed by atoms with Gasteiger partial charge in [0.25, 0.3) is 11.7 Å². The van der Waals surface area contributed by atoms with Gasteiger partial charge in [0.05, 0.1) is 17.9 Å². The van der Waals surface area contributed by atoms with Gasteiger partial charge in [0, 0.05) is 12.6 Å². The van der Waals surface area contributed by atoms with E-state index in [1.165, 1.54) is 6.33 Å². The van der Waals surface area contributed by atoms with Gasteiger partial charge in [0.1, 0.15) is 17.8 Å². The molecule has 0 aliphatic heterocycles. The van der Waals surface area contributed by atoms with Gasteiger partial charge >= 0.3 is 0 Å². The zero-order valence-corrected chi connectivity index (χ0v) is 14.4. The van der Waals surface area contributed by atoms with Gasteiger partial charge in [-0.15, -0.1) is 0 Å². The highest BCUT2D eigenvalue weighted by molar-refractivity contribution is 5.92. The van der Waals surface area contributed by atoms with E-state index < -0.39 is 0 Å². The largest absolute Gasteiger partial charge is 0.361 e. The lowest BCUT2D eigenvalue weighted by atomic mass is 10.1. The minimum atomic E-state index is -0.178. The lowest BCUT2D eigenvalue weighted by Gasteiger charge is -2.17. The van der Waals surface area contributed by atoms with Crippen LogP contribution in [-0.2, 0) is 6.54 Å². The van der Waals surface area contributed by atoms with E-state index in [9.17, 15) is 4.79 Å². The number of amides is 1. The van der Waals surface area contributed by atoms with Gasteiger partial charge in [-0.3, -0.25) is 4.79 Å². The van der Waals surface area contributed by atoms with Crippen molar-refractivity contribution >= 4 is 11.7 Å². The summed E-state index contributed by atoms with van der Waals surface area (Å²) in [6.07, 6.45) is 1.44. The predicted octanol–water partition coefficient (Wildman–Crippen LogP) is 2.12. The molecule has 3 aromatic rings. The third-order valence-electron chi connectivity index (χ3n) is 4.01. The van der Waals surface area contributed by atoms with Crippen LogP contribution < -0.4 is 0 Å². The molecular formula is C16H20N6O2. The van der Waals surface area contributed by atoms with Crippen molar-refractivity contribution in [1.82, 2.24) is 29.6 Å². The quantitative estimate of drug-likeness (QED) is 0.729. The van der Waals surface area contributed by atoms with Crippen LogP contribution in [0.4, 0.5) is 0 Å². The third kappa shape index (κ3) is 2.75. The highest BCUT2D eigenvalue weighted by Gasteiger charge is 2.20. The van der Waals surface area contributed by atoms with Crippen LogP contribution in [0.15, 0.2) is 16.9 Å². The standard InChI is InChI=1S/C16H20N6O2/c1-9(2)14-6-13(19-16-17-8-18-22(14)16)15(23)21(5)7-12-10(3)20-24-11(12)4/h6,8-9H,7H2,1-5H3.